The van der Waals surface area contributed by atoms with Gasteiger partial charge in [0.1, 0.15) is 11.8 Å². The molecule has 0 bridgehead atoms. The number of fused-ring (bicyclic) bond motifs is 2. The Labute approximate surface area is 180 Å². The number of hydrogen-bond acceptors (Lipinski definition) is 6. The van der Waals surface area contributed by atoms with Crippen LogP contribution < -0.4 is 11.1 Å². The Kier molecular flexibility index (Phi) is 4.12. The summed E-state index contributed by atoms with van der Waals surface area (Å²) in [6.45, 7) is 2.57. The van der Waals surface area contributed by atoms with Crippen molar-refractivity contribution in [1.82, 2.24) is 24.9 Å². The van der Waals surface area contributed by atoms with Gasteiger partial charge in [0.25, 0.3) is 0 Å². The highest BCUT2D eigenvalue weighted by atomic mass is 15.5. The summed E-state index contributed by atoms with van der Waals surface area (Å²) in [4.78, 5) is 4.25. The lowest BCUT2D eigenvalue weighted by Crippen LogP contribution is -2.18. The molecule has 4 heterocycles. The Morgan fingerprint density at radius 2 is 2.03 bits per heavy atom. The molecule has 0 radical (unpaired) electrons. The van der Waals surface area contributed by atoms with Crippen molar-refractivity contribution in [3.63, 3.8) is 0 Å². The molecule has 2 aromatic heterocycles. The van der Waals surface area contributed by atoms with E-state index in [1.54, 1.807) is 0 Å². The molecule has 1 aliphatic carbocycles. The average molecular weight is 409 g/mol. The predicted octanol–water partition coefficient (Wildman–Crippen LogP) is 2.95. The molecular weight excluding hydrogens is 386 g/mol. The number of rotatable bonds is 4. The zero-order valence-corrected chi connectivity index (χ0v) is 17.0. The fourth-order valence-electron chi connectivity index (χ4n) is 4.61. The largest absolute Gasteiger partial charge is 0.390 e. The maximum Gasteiger partial charge on any atom is 0.151 e. The highest BCUT2D eigenvalue weighted by molar-refractivity contribution is 6.09. The van der Waals surface area contributed by atoms with Crippen molar-refractivity contribution >= 4 is 22.6 Å². The van der Waals surface area contributed by atoms with E-state index in [9.17, 15) is 0 Å². The molecule has 3 aliphatic rings. The molecule has 2 unspecified atom stereocenters. The quantitative estimate of drug-likeness (QED) is 0.692. The second-order valence-electron chi connectivity index (χ2n) is 8.19. The second-order valence-corrected chi connectivity index (χ2v) is 8.19. The maximum atomic E-state index is 6.30. The van der Waals surface area contributed by atoms with Gasteiger partial charge in [-0.25, -0.2) is 9.50 Å². The van der Waals surface area contributed by atoms with Crippen molar-refractivity contribution in [3.05, 3.63) is 90.1 Å². The lowest BCUT2D eigenvalue weighted by Gasteiger charge is -2.15. The second kappa shape index (κ2) is 7.12. The monoisotopic (exact) mass is 409 g/mol. The lowest BCUT2D eigenvalue weighted by atomic mass is 9.92. The van der Waals surface area contributed by atoms with Crippen molar-refractivity contribution in [1.29, 1.82) is 0 Å². The van der Waals surface area contributed by atoms with Crippen LogP contribution in [-0.2, 0) is 6.54 Å². The van der Waals surface area contributed by atoms with Gasteiger partial charge in [-0.2, -0.15) is 10.2 Å². The molecule has 3 N–H and O–H groups in total. The van der Waals surface area contributed by atoms with Crippen molar-refractivity contribution in [3.8, 4) is 0 Å². The number of allylic oxidation sites excluding steroid dienone is 3. The van der Waals surface area contributed by atoms with Crippen molar-refractivity contribution in [2.75, 3.05) is 18.8 Å². The summed E-state index contributed by atoms with van der Waals surface area (Å²) in [7, 11) is 0. The van der Waals surface area contributed by atoms with Crippen LogP contribution in [0.1, 0.15) is 22.7 Å². The third-order valence-corrected chi connectivity index (χ3v) is 6.15. The number of hydrogen-bond donors (Lipinski definition) is 2. The van der Waals surface area contributed by atoms with Crippen molar-refractivity contribution in [2.24, 2.45) is 11.0 Å². The fraction of sp³-hybridized carbons (Fsp3) is 0.208. The van der Waals surface area contributed by atoms with Crippen LogP contribution in [0.5, 0.6) is 0 Å². The molecule has 0 saturated heterocycles. The number of anilines is 1. The van der Waals surface area contributed by atoms with Crippen molar-refractivity contribution in [2.45, 2.75) is 12.5 Å². The van der Waals surface area contributed by atoms with E-state index < -0.39 is 0 Å². The molecule has 2 atom stereocenters. The third-order valence-electron chi connectivity index (χ3n) is 6.15. The van der Waals surface area contributed by atoms with Crippen LogP contribution in [0.25, 0.3) is 11.1 Å². The predicted molar refractivity (Wildman–Crippen MR) is 122 cm³/mol. The van der Waals surface area contributed by atoms with Gasteiger partial charge < -0.3 is 11.1 Å². The van der Waals surface area contributed by atoms with E-state index in [-0.39, 0.29) is 5.92 Å². The van der Waals surface area contributed by atoms with E-state index in [2.05, 4.69) is 75.0 Å². The van der Waals surface area contributed by atoms with Gasteiger partial charge in [-0.15, -0.1) is 0 Å². The van der Waals surface area contributed by atoms with Gasteiger partial charge in [-0.05, 0) is 29.5 Å². The molecule has 1 aromatic carbocycles. The van der Waals surface area contributed by atoms with Crippen molar-refractivity contribution < 1.29 is 0 Å². The van der Waals surface area contributed by atoms with E-state index in [0.29, 0.717) is 11.7 Å². The summed E-state index contributed by atoms with van der Waals surface area (Å²) in [6, 6.07) is 12.7. The molecular formula is C24H23N7. The number of nitrogens with one attached hydrogen (secondary N) is 1. The summed E-state index contributed by atoms with van der Waals surface area (Å²) < 4.78 is 1.93. The summed E-state index contributed by atoms with van der Waals surface area (Å²) in [5.41, 5.74) is 12.8. The Morgan fingerprint density at radius 1 is 1.13 bits per heavy atom. The van der Waals surface area contributed by atoms with Crippen LogP contribution >= 0.6 is 0 Å². The molecule has 3 aromatic rings. The van der Waals surface area contributed by atoms with Gasteiger partial charge in [0.05, 0.1) is 18.0 Å². The van der Waals surface area contributed by atoms with Crippen LogP contribution in [0.3, 0.4) is 0 Å². The standard InChI is InChI=1S/C24H23N7/c25-24-23-20(11-22(18-8-9-26-12-18)31(23)28-15-27-24)17-6-7-19-14-30(29-21(19)10-17)13-16-4-2-1-3-5-16/h1-11,15,18-19,26H,12-14H2,(H2,25,27,28). The number of aromatic nitrogens is 3. The molecule has 154 valence electrons. The molecule has 6 rings (SSSR count). The van der Waals surface area contributed by atoms with Gasteiger partial charge in [-0.1, -0.05) is 48.6 Å². The van der Waals surface area contributed by atoms with E-state index in [1.165, 1.54) is 11.9 Å². The van der Waals surface area contributed by atoms with Gasteiger partial charge in [0, 0.05) is 30.5 Å². The topological polar surface area (TPSA) is 83.8 Å². The first-order valence-corrected chi connectivity index (χ1v) is 10.6. The van der Waals surface area contributed by atoms with Crippen LogP contribution in [0.4, 0.5) is 5.82 Å². The average Bonchev–Trinajstić information content (AvgIpc) is 3.52. The fourth-order valence-corrected chi connectivity index (χ4v) is 4.61. The third kappa shape index (κ3) is 3.09. The molecule has 0 amide bonds. The molecule has 0 fully saturated rings. The minimum Gasteiger partial charge on any atom is -0.390 e. The Bertz CT molecular complexity index is 1270. The molecule has 7 heteroatoms. The highest BCUT2D eigenvalue weighted by Gasteiger charge is 2.28. The van der Waals surface area contributed by atoms with Gasteiger partial charge >= 0.3 is 0 Å². The highest BCUT2D eigenvalue weighted by Crippen LogP contribution is 2.35. The zero-order chi connectivity index (χ0) is 20.8. The lowest BCUT2D eigenvalue weighted by molar-refractivity contribution is 0.297. The van der Waals surface area contributed by atoms with E-state index >= 15 is 0 Å². The number of hydrazone groups is 1. The molecule has 0 saturated carbocycles. The van der Waals surface area contributed by atoms with Gasteiger partial charge in [-0.3, -0.25) is 5.01 Å². The van der Waals surface area contributed by atoms with E-state index in [1.807, 2.05) is 16.8 Å². The summed E-state index contributed by atoms with van der Waals surface area (Å²) >= 11 is 0. The number of benzene rings is 1. The van der Waals surface area contributed by atoms with Gasteiger partial charge in [0.2, 0.25) is 0 Å². The van der Waals surface area contributed by atoms with Crippen LogP contribution in [0.15, 0.2) is 78.3 Å². The van der Waals surface area contributed by atoms with E-state index in [0.717, 1.165) is 47.7 Å². The first-order chi connectivity index (χ1) is 15.3. The number of nitrogen functional groups attached to an aromatic ring is 1. The van der Waals surface area contributed by atoms with Gasteiger partial charge in [0.15, 0.2) is 5.82 Å². The molecule has 7 nitrogen and oxygen atoms in total. The summed E-state index contributed by atoms with van der Waals surface area (Å²) in [6.07, 6.45) is 12.3. The summed E-state index contributed by atoms with van der Waals surface area (Å²) in [5.74, 6) is 1.06. The SMILES string of the molecule is Nc1ncnn2c(C3C=CNC3)cc(C3=CC4=NN(Cc5ccccc5)CC4C=C3)c12. The molecule has 31 heavy (non-hydrogen) atoms. The van der Waals surface area contributed by atoms with E-state index in [4.69, 9.17) is 10.8 Å². The summed E-state index contributed by atoms with van der Waals surface area (Å²) in [5, 5.41) is 14.8. The number of nitrogens with zero attached hydrogens (tertiary/aromatic N) is 5. The number of nitrogens with two attached hydrogens (primary N) is 1. The minimum atomic E-state index is 0.252. The Hall–Kier alpha value is -3.87. The van der Waals surface area contributed by atoms with Crippen LogP contribution in [0.2, 0.25) is 0 Å². The zero-order valence-electron chi connectivity index (χ0n) is 17.0. The smallest absolute Gasteiger partial charge is 0.151 e. The Morgan fingerprint density at radius 3 is 2.87 bits per heavy atom. The maximum absolute atomic E-state index is 6.30. The Balaban J connectivity index is 1.37. The normalized spacial score (nSPS) is 21.9. The first kappa shape index (κ1) is 17.9. The van der Waals surface area contributed by atoms with Crippen LogP contribution in [0, 0.1) is 5.92 Å². The first-order valence-electron chi connectivity index (χ1n) is 10.6. The molecule has 2 aliphatic heterocycles. The minimum absolute atomic E-state index is 0.252. The molecule has 0 spiro atoms. The van der Waals surface area contributed by atoms with Crippen LogP contribution in [-0.4, -0.2) is 38.4 Å².